The number of hydrogen-bond donors (Lipinski definition) is 2. The van der Waals surface area contributed by atoms with Crippen LogP contribution in [0.4, 0.5) is 0 Å². The van der Waals surface area contributed by atoms with E-state index in [2.05, 4.69) is 14.8 Å². The zero-order chi connectivity index (χ0) is 13.4. The molecule has 0 radical (unpaired) electrons. The number of hydrogen-bond acceptors (Lipinski definition) is 6. The highest BCUT2D eigenvalue weighted by atomic mass is 16.5. The molecular weight excluding hydrogens is 230 g/mol. The lowest BCUT2D eigenvalue weighted by atomic mass is 10.0. The van der Waals surface area contributed by atoms with Gasteiger partial charge in [-0.3, -0.25) is 9.59 Å². The molecule has 0 aliphatic heterocycles. The summed E-state index contributed by atoms with van der Waals surface area (Å²) in [5.41, 5.74) is 0. The van der Waals surface area contributed by atoms with E-state index in [1.54, 1.807) is 6.92 Å². The fourth-order valence-corrected chi connectivity index (χ4v) is 1.25. The molecule has 0 saturated carbocycles. The molecule has 0 aromatic carbocycles. The smallest absolute Gasteiger partial charge is 0.328 e. The molecule has 0 unspecified atom stereocenters. The standard InChI is InChI=1S/C10H17NO6/c1-6(9(14)16-2)4-7(10(15)17-3)11-8(13)5-12/h6-7,12H,4-5H2,1-3H3,(H,11,13)/t6-,7+/m1/s1. The lowest BCUT2D eigenvalue weighted by Crippen LogP contribution is -2.44. The van der Waals surface area contributed by atoms with Gasteiger partial charge in [-0.25, -0.2) is 4.79 Å². The van der Waals surface area contributed by atoms with E-state index in [0.717, 1.165) is 0 Å². The Morgan fingerprint density at radius 3 is 2.12 bits per heavy atom. The Morgan fingerprint density at radius 1 is 1.18 bits per heavy atom. The topological polar surface area (TPSA) is 102 Å². The molecule has 0 spiro atoms. The van der Waals surface area contributed by atoms with Gasteiger partial charge in [0.05, 0.1) is 20.1 Å². The highest BCUT2D eigenvalue weighted by Gasteiger charge is 2.26. The molecule has 0 rings (SSSR count). The SMILES string of the molecule is COC(=O)[C@H](C)C[C@H](NC(=O)CO)C(=O)OC. The summed E-state index contributed by atoms with van der Waals surface area (Å²) in [5.74, 6) is -2.44. The van der Waals surface area contributed by atoms with E-state index in [0.29, 0.717) is 0 Å². The van der Waals surface area contributed by atoms with Gasteiger partial charge in [0.15, 0.2) is 0 Å². The van der Waals surface area contributed by atoms with Crippen molar-refractivity contribution in [1.82, 2.24) is 5.32 Å². The minimum Gasteiger partial charge on any atom is -0.469 e. The molecule has 0 saturated heterocycles. The van der Waals surface area contributed by atoms with Crippen LogP contribution in [-0.4, -0.2) is 49.8 Å². The Morgan fingerprint density at radius 2 is 1.71 bits per heavy atom. The van der Waals surface area contributed by atoms with Gasteiger partial charge in [0.2, 0.25) is 5.91 Å². The number of esters is 2. The number of nitrogens with one attached hydrogen (secondary N) is 1. The highest BCUT2D eigenvalue weighted by Crippen LogP contribution is 2.09. The largest absolute Gasteiger partial charge is 0.469 e. The van der Waals surface area contributed by atoms with Crippen molar-refractivity contribution in [2.75, 3.05) is 20.8 Å². The molecular formula is C10H17NO6. The van der Waals surface area contributed by atoms with E-state index < -0.39 is 36.4 Å². The molecule has 0 bridgehead atoms. The minimum atomic E-state index is -0.978. The number of aliphatic hydroxyl groups excluding tert-OH is 1. The van der Waals surface area contributed by atoms with Crippen LogP contribution < -0.4 is 5.32 Å². The number of methoxy groups -OCH3 is 2. The maximum Gasteiger partial charge on any atom is 0.328 e. The average Bonchev–Trinajstić information content (AvgIpc) is 2.35. The summed E-state index contributed by atoms with van der Waals surface area (Å²) in [5, 5.41) is 10.8. The van der Waals surface area contributed by atoms with Crippen LogP contribution in [-0.2, 0) is 23.9 Å². The Kier molecular flexibility index (Phi) is 6.88. The molecule has 17 heavy (non-hydrogen) atoms. The number of amides is 1. The third-order valence-electron chi connectivity index (χ3n) is 2.16. The second-order valence-electron chi connectivity index (χ2n) is 3.46. The van der Waals surface area contributed by atoms with Crippen molar-refractivity contribution >= 4 is 17.8 Å². The first kappa shape index (κ1) is 15.4. The summed E-state index contributed by atoms with van der Waals surface area (Å²) < 4.78 is 8.99. The Hall–Kier alpha value is -1.63. The zero-order valence-corrected chi connectivity index (χ0v) is 10.1. The van der Waals surface area contributed by atoms with E-state index in [-0.39, 0.29) is 6.42 Å². The van der Waals surface area contributed by atoms with E-state index in [9.17, 15) is 14.4 Å². The van der Waals surface area contributed by atoms with Crippen LogP contribution >= 0.6 is 0 Å². The Balaban J connectivity index is 4.54. The predicted molar refractivity (Wildman–Crippen MR) is 56.8 cm³/mol. The third-order valence-corrected chi connectivity index (χ3v) is 2.16. The van der Waals surface area contributed by atoms with Gasteiger partial charge in [0, 0.05) is 0 Å². The van der Waals surface area contributed by atoms with Crippen molar-refractivity contribution in [3.05, 3.63) is 0 Å². The highest BCUT2D eigenvalue weighted by molar-refractivity contribution is 5.85. The third kappa shape index (κ3) is 5.30. The molecule has 7 nitrogen and oxygen atoms in total. The average molecular weight is 247 g/mol. The van der Waals surface area contributed by atoms with Crippen LogP contribution in [0.1, 0.15) is 13.3 Å². The van der Waals surface area contributed by atoms with Gasteiger partial charge in [0.25, 0.3) is 0 Å². The van der Waals surface area contributed by atoms with Gasteiger partial charge >= 0.3 is 11.9 Å². The fourth-order valence-electron chi connectivity index (χ4n) is 1.25. The molecule has 2 atom stereocenters. The monoisotopic (exact) mass is 247 g/mol. The number of ether oxygens (including phenoxy) is 2. The number of rotatable bonds is 6. The number of carbonyl (C=O) groups excluding carboxylic acids is 3. The fraction of sp³-hybridized carbons (Fsp3) is 0.700. The Bertz CT molecular complexity index is 291. The molecule has 0 fully saturated rings. The molecule has 2 N–H and O–H groups in total. The summed E-state index contributed by atoms with van der Waals surface area (Å²) in [4.78, 5) is 33.5. The van der Waals surface area contributed by atoms with Crippen LogP contribution in [0.25, 0.3) is 0 Å². The van der Waals surface area contributed by atoms with Crippen LogP contribution in [0.5, 0.6) is 0 Å². The molecule has 0 aliphatic carbocycles. The first-order valence-electron chi connectivity index (χ1n) is 5.02. The molecule has 0 aromatic rings. The Labute approximate surface area is 99.1 Å². The molecule has 98 valence electrons. The van der Waals surface area contributed by atoms with Crippen LogP contribution in [0.3, 0.4) is 0 Å². The van der Waals surface area contributed by atoms with Crippen LogP contribution in [0.2, 0.25) is 0 Å². The van der Waals surface area contributed by atoms with Gasteiger partial charge in [-0.1, -0.05) is 6.92 Å². The first-order valence-corrected chi connectivity index (χ1v) is 5.02. The molecule has 0 aliphatic rings. The van der Waals surface area contributed by atoms with E-state index in [1.165, 1.54) is 14.2 Å². The maximum absolute atomic E-state index is 11.3. The molecule has 7 heteroatoms. The van der Waals surface area contributed by atoms with Crippen molar-refractivity contribution in [1.29, 1.82) is 0 Å². The van der Waals surface area contributed by atoms with E-state index >= 15 is 0 Å². The van der Waals surface area contributed by atoms with Gasteiger partial charge < -0.3 is 19.9 Å². The normalized spacial score (nSPS) is 13.4. The second kappa shape index (κ2) is 7.61. The van der Waals surface area contributed by atoms with Crippen LogP contribution in [0, 0.1) is 5.92 Å². The maximum atomic E-state index is 11.3. The zero-order valence-electron chi connectivity index (χ0n) is 10.1. The van der Waals surface area contributed by atoms with Crippen molar-refractivity contribution < 1.29 is 29.0 Å². The summed E-state index contributed by atoms with van der Waals surface area (Å²) in [7, 11) is 2.40. The van der Waals surface area contributed by atoms with E-state index in [1.807, 2.05) is 0 Å². The molecule has 0 aromatic heterocycles. The number of carbonyl (C=O) groups is 3. The van der Waals surface area contributed by atoms with Crippen molar-refractivity contribution in [2.45, 2.75) is 19.4 Å². The summed E-state index contributed by atoms with van der Waals surface area (Å²) in [6, 6.07) is -0.978. The predicted octanol–water partition coefficient (Wildman–Crippen LogP) is -1.16. The second-order valence-corrected chi connectivity index (χ2v) is 3.46. The lowest BCUT2D eigenvalue weighted by molar-refractivity contribution is -0.149. The molecule has 0 heterocycles. The quantitative estimate of drug-likeness (QED) is 0.574. The lowest BCUT2D eigenvalue weighted by Gasteiger charge is -2.18. The van der Waals surface area contributed by atoms with Gasteiger partial charge in [-0.05, 0) is 6.42 Å². The van der Waals surface area contributed by atoms with Gasteiger partial charge in [-0.15, -0.1) is 0 Å². The van der Waals surface area contributed by atoms with Gasteiger partial charge in [-0.2, -0.15) is 0 Å². The van der Waals surface area contributed by atoms with Crippen molar-refractivity contribution in [3.63, 3.8) is 0 Å². The summed E-state index contributed by atoms with van der Waals surface area (Å²) >= 11 is 0. The first-order chi connectivity index (χ1) is 7.96. The minimum absolute atomic E-state index is 0.0467. The van der Waals surface area contributed by atoms with Crippen molar-refractivity contribution in [2.24, 2.45) is 5.92 Å². The molecule has 1 amide bonds. The van der Waals surface area contributed by atoms with Crippen LogP contribution in [0.15, 0.2) is 0 Å². The van der Waals surface area contributed by atoms with Crippen molar-refractivity contribution in [3.8, 4) is 0 Å². The van der Waals surface area contributed by atoms with E-state index in [4.69, 9.17) is 5.11 Å². The summed E-state index contributed by atoms with van der Waals surface area (Å²) in [6.07, 6.45) is 0.0467. The van der Waals surface area contributed by atoms with Gasteiger partial charge in [0.1, 0.15) is 12.6 Å². The number of aliphatic hydroxyl groups is 1. The summed E-state index contributed by atoms with van der Waals surface area (Å²) in [6.45, 7) is 0.826.